The molecule has 0 aromatic heterocycles. The van der Waals surface area contributed by atoms with Crippen molar-refractivity contribution in [3.8, 4) is 0 Å². The number of benzene rings is 3. The predicted molar refractivity (Wildman–Crippen MR) is 138 cm³/mol. The molecule has 176 valence electrons. The number of rotatable bonds is 7. The number of halogens is 4. The Balaban J connectivity index is 0.00000193. The van der Waals surface area contributed by atoms with Crippen LogP contribution in [0.25, 0.3) is 6.08 Å². The number of nitrogens with zero attached hydrogens (tertiary/aromatic N) is 1. The minimum absolute atomic E-state index is 0. The van der Waals surface area contributed by atoms with Gasteiger partial charge in [0.05, 0.1) is 6.04 Å². The quantitative estimate of drug-likeness (QED) is 0.371. The summed E-state index contributed by atoms with van der Waals surface area (Å²) in [5, 5.41) is 3.57. The van der Waals surface area contributed by atoms with E-state index >= 15 is 0 Å². The Bertz CT molecular complexity index is 971. The summed E-state index contributed by atoms with van der Waals surface area (Å²) in [6, 6.07) is 23.6. The third-order valence-corrected chi connectivity index (χ3v) is 5.97. The van der Waals surface area contributed by atoms with Crippen molar-refractivity contribution in [2.24, 2.45) is 5.92 Å². The lowest BCUT2D eigenvalue weighted by Gasteiger charge is -2.36. The van der Waals surface area contributed by atoms with Crippen LogP contribution in [0.15, 0.2) is 84.9 Å². The van der Waals surface area contributed by atoms with E-state index < -0.39 is 0 Å². The first kappa shape index (κ1) is 26.8. The van der Waals surface area contributed by atoms with Crippen molar-refractivity contribution in [2.75, 3.05) is 25.0 Å². The van der Waals surface area contributed by atoms with Gasteiger partial charge in [-0.15, -0.1) is 24.8 Å². The smallest absolute Gasteiger partial charge is 0.123 e. The van der Waals surface area contributed by atoms with Gasteiger partial charge >= 0.3 is 0 Å². The standard InChI is InChI=1S/C27H28F2N2.2ClH/c28-24-10-8-22(9-11-24)27(30-26-14-12-25(29)13-15-26)23-16-19-31(20-17-23)18-4-7-21-5-2-1-3-6-21;;/h1-15,23,27,30H,16-20H2;2*1H/b7-4+;;. The van der Waals surface area contributed by atoms with Gasteiger partial charge in [0.25, 0.3) is 0 Å². The fraction of sp³-hybridized carbons (Fsp3) is 0.259. The zero-order chi connectivity index (χ0) is 21.5. The van der Waals surface area contributed by atoms with Crippen LogP contribution in [0.3, 0.4) is 0 Å². The Morgan fingerprint density at radius 1 is 0.818 bits per heavy atom. The summed E-state index contributed by atoms with van der Waals surface area (Å²) in [6.07, 6.45) is 6.50. The number of anilines is 1. The molecule has 0 amide bonds. The van der Waals surface area contributed by atoms with Crippen molar-refractivity contribution in [1.82, 2.24) is 4.90 Å². The predicted octanol–water partition coefficient (Wildman–Crippen LogP) is 7.39. The molecule has 0 spiro atoms. The Morgan fingerprint density at radius 3 is 2.00 bits per heavy atom. The van der Waals surface area contributed by atoms with Crippen LogP contribution in [-0.4, -0.2) is 24.5 Å². The largest absolute Gasteiger partial charge is 0.378 e. The molecule has 1 heterocycles. The molecule has 1 unspecified atom stereocenters. The van der Waals surface area contributed by atoms with Gasteiger partial charge < -0.3 is 5.32 Å². The van der Waals surface area contributed by atoms with Crippen molar-refractivity contribution in [1.29, 1.82) is 0 Å². The molecular formula is C27H30Cl2F2N2. The molecule has 0 aliphatic carbocycles. The Labute approximate surface area is 207 Å². The van der Waals surface area contributed by atoms with E-state index in [1.54, 1.807) is 12.1 Å². The third kappa shape index (κ3) is 7.85. The highest BCUT2D eigenvalue weighted by Gasteiger charge is 2.27. The van der Waals surface area contributed by atoms with Crippen LogP contribution >= 0.6 is 24.8 Å². The van der Waals surface area contributed by atoms with Crippen LogP contribution in [0.1, 0.15) is 30.0 Å². The van der Waals surface area contributed by atoms with Crippen LogP contribution in [0, 0.1) is 17.6 Å². The molecule has 1 atom stereocenters. The number of likely N-dealkylation sites (tertiary alicyclic amines) is 1. The van der Waals surface area contributed by atoms with Gasteiger partial charge in [0, 0.05) is 12.2 Å². The molecule has 4 rings (SSSR count). The van der Waals surface area contributed by atoms with Crippen LogP contribution in [-0.2, 0) is 0 Å². The molecule has 0 bridgehead atoms. The molecule has 1 aliphatic rings. The van der Waals surface area contributed by atoms with Gasteiger partial charge in [-0.3, -0.25) is 4.90 Å². The van der Waals surface area contributed by atoms with Crippen LogP contribution < -0.4 is 5.32 Å². The summed E-state index contributed by atoms with van der Waals surface area (Å²) in [5.74, 6) is -0.0603. The summed E-state index contributed by atoms with van der Waals surface area (Å²) in [6.45, 7) is 2.98. The van der Waals surface area contributed by atoms with Crippen LogP contribution in [0.2, 0.25) is 0 Å². The Hall–Kier alpha value is -2.40. The minimum atomic E-state index is -0.249. The van der Waals surface area contributed by atoms with Gasteiger partial charge in [0.15, 0.2) is 0 Å². The second-order valence-electron chi connectivity index (χ2n) is 8.13. The summed E-state index contributed by atoms with van der Waals surface area (Å²) in [7, 11) is 0. The topological polar surface area (TPSA) is 15.3 Å². The average Bonchev–Trinajstić information content (AvgIpc) is 2.81. The maximum absolute atomic E-state index is 13.5. The molecule has 1 aliphatic heterocycles. The van der Waals surface area contributed by atoms with Gasteiger partial charge in [0.1, 0.15) is 11.6 Å². The lowest BCUT2D eigenvalue weighted by molar-refractivity contribution is 0.188. The van der Waals surface area contributed by atoms with E-state index in [0.717, 1.165) is 43.7 Å². The number of nitrogens with one attached hydrogen (secondary N) is 1. The summed E-state index contributed by atoms with van der Waals surface area (Å²) < 4.78 is 26.8. The van der Waals surface area contributed by atoms with E-state index in [0.29, 0.717) is 5.92 Å². The van der Waals surface area contributed by atoms with Crippen molar-refractivity contribution >= 4 is 36.6 Å². The summed E-state index contributed by atoms with van der Waals surface area (Å²) in [4.78, 5) is 2.47. The molecule has 1 N–H and O–H groups in total. The molecule has 1 saturated heterocycles. The molecule has 0 radical (unpaired) electrons. The summed E-state index contributed by atoms with van der Waals surface area (Å²) >= 11 is 0. The highest BCUT2D eigenvalue weighted by Crippen LogP contribution is 2.34. The molecule has 3 aromatic rings. The second-order valence-corrected chi connectivity index (χ2v) is 8.13. The van der Waals surface area contributed by atoms with Gasteiger partial charge in [0.2, 0.25) is 0 Å². The van der Waals surface area contributed by atoms with Crippen molar-refractivity contribution in [3.05, 3.63) is 108 Å². The fourth-order valence-electron chi connectivity index (χ4n) is 4.24. The molecule has 2 nitrogen and oxygen atoms in total. The molecule has 3 aromatic carbocycles. The maximum Gasteiger partial charge on any atom is 0.123 e. The Morgan fingerprint density at radius 2 is 1.39 bits per heavy atom. The first-order chi connectivity index (χ1) is 15.2. The zero-order valence-electron chi connectivity index (χ0n) is 18.4. The van der Waals surface area contributed by atoms with E-state index in [1.807, 2.05) is 18.2 Å². The lowest BCUT2D eigenvalue weighted by Crippen LogP contribution is -2.37. The molecule has 0 saturated carbocycles. The van der Waals surface area contributed by atoms with Gasteiger partial charge in [-0.1, -0.05) is 54.6 Å². The lowest BCUT2D eigenvalue weighted by atomic mass is 9.85. The van der Waals surface area contributed by atoms with Crippen LogP contribution in [0.5, 0.6) is 0 Å². The first-order valence-corrected chi connectivity index (χ1v) is 10.9. The normalized spacial score (nSPS) is 15.5. The SMILES string of the molecule is Cl.Cl.Fc1ccc(NC(c2ccc(F)cc2)C2CCN(C/C=C/c3ccccc3)CC2)cc1. The number of piperidine rings is 1. The monoisotopic (exact) mass is 490 g/mol. The van der Waals surface area contributed by atoms with E-state index in [9.17, 15) is 8.78 Å². The Kier molecular flexibility index (Phi) is 10.9. The zero-order valence-corrected chi connectivity index (χ0v) is 20.0. The molecule has 6 heteroatoms. The highest BCUT2D eigenvalue weighted by molar-refractivity contribution is 5.85. The highest BCUT2D eigenvalue weighted by atomic mass is 35.5. The minimum Gasteiger partial charge on any atom is -0.378 e. The van der Waals surface area contributed by atoms with Gasteiger partial charge in [-0.25, -0.2) is 8.78 Å². The second kappa shape index (κ2) is 13.3. The molecule has 1 fully saturated rings. The van der Waals surface area contributed by atoms with E-state index in [1.165, 1.54) is 29.8 Å². The molecular weight excluding hydrogens is 461 g/mol. The maximum atomic E-state index is 13.5. The molecule has 33 heavy (non-hydrogen) atoms. The van der Waals surface area contributed by atoms with Crippen molar-refractivity contribution in [3.63, 3.8) is 0 Å². The van der Waals surface area contributed by atoms with Crippen molar-refractivity contribution in [2.45, 2.75) is 18.9 Å². The van der Waals surface area contributed by atoms with E-state index in [2.05, 4.69) is 46.6 Å². The van der Waals surface area contributed by atoms with Crippen molar-refractivity contribution < 1.29 is 8.78 Å². The fourth-order valence-corrected chi connectivity index (χ4v) is 4.24. The van der Waals surface area contributed by atoms with Gasteiger partial charge in [-0.05, 0) is 79.4 Å². The first-order valence-electron chi connectivity index (χ1n) is 10.9. The van der Waals surface area contributed by atoms with E-state index in [-0.39, 0.29) is 42.5 Å². The van der Waals surface area contributed by atoms with Gasteiger partial charge in [-0.2, -0.15) is 0 Å². The number of hydrogen-bond acceptors (Lipinski definition) is 2. The average molecular weight is 491 g/mol. The van der Waals surface area contributed by atoms with E-state index in [4.69, 9.17) is 0 Å². The third-order valence-electron chi connectivity index (χ3n) is 5.97. The number of hydrogen-bond donors (Lipinski definition) is 1. The van der Waals surface area contributed by atoms with Crippen LogP contribution in [0.4, 0.5) is 14.5 Å². The summed E-state index contributed by atoms with van der Waals surface area (Å²) in [5.41, 5.74) is 3.16.